The van der Waals surface area contributed by atoms with Crippen LogP contribution in [0.4, 0.5) is 9.52 Å². The number of carbonyl (C=O) groups excluding carboxylic acids is 1. The third-order valence-electron chi connectivity index (χ3n) is 5.65. The maximum atomic E-state index is 14.1. The van der Waals surface area contributed by atoms with E-state index in [1.807, 2.05) is 30.3 Å². The molecule has 5 aromatic rings. The van der Waals surface area contributed by atoms with Gasteiger partial charge in [-0.25, -0.2) is 4.39 Å². The predicted octanol–water partition coefficient (Wildman–Crippen LogP) is 5.00. The molecule has 3 heterocycles. The average Bonchev–Trinajstić information content (AvgIpc) is 3.35. The number of amides is 1. The van der Waals surface area contributed by atoms with Gasteiger partial charge in [-0.2, -0.15) is 0 Å². The molecule has 3 aromatic carbocycles. The number of hydrogen-bond donors (Lipinski definition) is 0. The Morgan fingerprint density at radius 1 is 1.00 bits per heavy atom. The van der Waals surface area contributed by atoms with Crippen LogP contribution in [0.1, 0.15) is 32.7 Å². The molecule has 1 amide bonds. The molecule has 8 heteroatoms. The van der Waals surface area contributed by atoms with E-state index in [4.69, 9.17) is 4.42 Å². The Balaban J connectivity index is 1.70. The van der Waals surface area contributed by atoms with E-state index in [0.29, 0.717) is 26.7 Å². The number of aromatic nitrogens is 2. The van der Waals surface area contributed by atoms with Crippen LogP contribution < -0.4 is 10.3 Å². The molecule has 0 N–H and O–H groups in total. The summed E-state index contributed by atoms with van der Waals surface area (Å²) in [4.78, 5) is 28.6. The second-order valence-electron chi connectivity index (χ2n) is 7.57. The van der Waals surface area contributed by atoms with Crippen molar-refractivity contribution in [3.63, 3.8) is 0 Å². The summed E-state index contributed by atoms with van der Waals surface area (Å²) in [6.45, 7) is 1.77. The Kier molecular flexibility index (Phi) is 4.00. The molecule has 0 saturated carbocycles. The number of halogens is 1. The Morgan fingerprint density at radius 2 is 1.84 bits per heavy atom. The van der Waals surface area contributed by atoms with Crippen molar-refractivity contribution in [2.75, 3.05) is 4.90 Å². The SMILES string of the molecule is Cc1nnc(N2C(=O)c3oc4c(ccc5ccccc54)c(=O)c3C2c2cccc(F)c2)s1. The van der Waals surface area contributed by atoms with Crippen molar-refractivity contribution in [2.24, 2.45) is 0 Å². The van der Waals surface area contributed by atoms with Crippen molar-refractivity contribution in [3.05, 3.63) is 98.6 Å². The molecule has 2 aromatic heterocycles. The fourth-order valence-corrected chi connectivity index (χ4v) is 4.99. The largest absolute Gasteiger partial charge is 0.450 e. The molecule has 0 radical (unpaired) electrons. The molecule has 0 spiro atoms. The van der Waals surface area contributed by atoms with E-state index in [1.165, 1.54) is 28.4 Å². The highest BCUT2D eigenvalue weighted by Crippen LogP contribution is 2.42. The van der Waals surface area contributed by atoms with E-state index in [-0.39, 0.29) is 16.8 Å². The zero-order valence-corrected chi connectivity index (χ0v) is 17.5. The van der Waals surface area contributed by atoms with Crippen LogP contribution in [0.3, 0.4) is 0 Å². The third kappa shape index (κ3) is 2.63. The highest BCUT2D eigenvalue weighted by molar-refractivity contribution is 7.15. The first-order valence-electron chi connectivity index (χ1n) is 9.90. The molecule has 1 atom stereocenters. The number of rotatable bonds is 2. The molecular weight excluding hydrogens is 429 g/mol. The number of aryl methyl sites for hydroxylation is 1. The van der Waals surface area contributed by atoms with E-state index in [2.05, 4.69) is 10.2 Å². The maximum Gasteiger partial charge on any atom is 0.297 e. The van der Waals surface area contributed by atoms with Gasteiger partial charge in [-0.1, -0.05) is 53.8 Å². The Hall–Kier alpha value is -3.91. The van der Waals surface area contributed by atoms with Gasteiger partial charge in [0, 0.05) is 5.39 Å². The molecule has 6 nitrogen and oxygen atoms in total. The van der Waals surface area contributed by atoms with Gasteiger partial charge in [-0.3, -0.25) is 14.5 Å². The van der Waals surface area contributed by atoms with E-state index in [0.717, 1.165) is 10.8 Å². The first-order valence-corrected chi connectivity index (χ1v) is 10.7. The summed E-state index contributed by atoms with van der Waals surface area (Å²) in [5.74, 6) is -1.02. The minimum Gasteiger partial charge on any atom is -0.450 e. The smallest absolute Gasteiger partial charge is 0.297 e. The van der Waals surface area contributed by atoms with Crippen LogP contribution in [-0.2, 0) is 0 Å². The van der Waals surface area contributed by atoms with E-state index < -0.39 is 17.8 Å². The Morgan fingerprint density at radius 3 is 2.62 bits per heavy atom. The molecule has 1 aliphatic heterocycles. The van der Waals surface area contributed by atoms with Gasteiger partial charge in [0.05, 0.1) is 17.0 Å². The van der Waals surface area contributed by atoms with Gasteiger partial charge in [0.15, 0.2) is 5.43 Å². The van der Waals surface area contributed by atoms with Gasteiger partial charge in [0.1, 0.15) is 16.4 Å². The molecule has 0 aliphatic carbocycles. The summed E-state index contributed by atoms with van der Waals surface area (Å²) in [7, 11) is 0. The maximum absolute atomic E-state index is 14.1. The van der Waals surface area contributed by atoms with Gasteiger partial charge in [0.25, 0.3) is 5.91 Å². The summed E-state index contributed by atoms with van der Waals surface area (Å²) >= 11 is 1.22. The van der Waals surface area contributed by atoms with Crippen molar-refractivity contribution >= 4 is 44.1 Å². The lowest BCUT2D eigenvalue weighted by atomic mass is 9.97. The third-order valence-corrected chi connectivity index (χ3v) is 6.49. The average molecular weight is 443 g/mol. The van der Waals surface area contributed by atoms with E-state index in [9.17, 15) is 14.0 Å². The van der Waals surface area contributed by atoms with Gasteiger partial charge in [0.2, 0.25) is 10.9 Å². The molecule has 0 saturated heterocycles. The molecule has 0 fully saturated rings. The molecular formula is C24H14FN3O3S. The van der Waals surface area contributed by atoms with Crippen LogP contribution in [0, 0.1) is 12.7 Å². The van der Waals surface area contributed by atoms with Crippen LogP contribution in [0.25, 0.3) is 21.7 Å². The lowest BCUT2D eigenvalue weighted by molar-refractivity contribution is 0.0971. The second-order valence-corrected chi connectivity index (χ2v) is 8.73. The molecule has 156 valence electrons. The van der Waals surface area contributed by atoms with Gasteiger partial charge in [-0.15, -0.1) is 10.2 Å². The summed E-state index contributed by atoms with van der Waals surface area (Å²) < 4.78 is 20.2. The van der Waals surface area contributed by atoms with Gasteiger partial charge in [-0.05, 0) is 36.1 Å². The Bertz CT molecular complexity index is 1620. The number of anilines is 1. The van der Waals surface area contributed by atoms with Crippen LogP contribution in [0.5, 0.6) is 0 Å². The van der Waals surface area contributed by atoms with Crippen molar-refractivity contribution in [1.29, 1.82) is 0 Å². The number of fused-ring (bicyclic) bond motifs is 4. The first-order chi connectivity index (χ1) is 15.5. The number of hydrogen-bond acceptors (Lipinski definition) is 6. The fourth-order valence-electron chi connectivity index (χ4n) is 4.27. The zero-order chi connectivity index (χ0) is 22.0. The van der Waals surface area contributed by atoms with Crippen LogP contribution in [0.15, 0.2) is 69.9 Å². The second kappa shape index (κ2) is 6.80. The lowest BCUT2D eigenvalue weighted by Crippen LogP contribution is -2.29. The minimum absolute atomic E-state index is 0.0547. The van der Waals surface area contributed by atoms with E-state index >= 15 is 0 Å². The highest BCUT2D eigenvalue weighted by Gasteiger charge is 2.45. The highest BCUT2D eigenvalue weighted by atomic mass is 32.1. The summed E-state index contributed by atoms with van der Waals surface area (Å²) in [6, 6.07) is 16.1. The van der Waals surface area contributed by atoms with Crippen molar-refractivity contribution in [3.8, 4) is 0 Å². The van der Waals surface area contributed by atoms with Crippen molar-refractivity contribution < 1.29 is 13.6 Å². The molecule has 6 rings (SSSR count). The number of carbonyl (C=O) groups is 1. The first kappa shape index (κ1) is 18.8. The van der Waals surface area contributed by atoms with Crippen molar-refractivity contribution in [2.45, 2.75) is 13.0 Å². The lowest BCUT2D eigenvalue weighted by Gasteiger charge is -2.22. The van der Waals surface area contributed by atoms with Gasteiger partial charge < -0.3 is 4.42 Å². The zero-order valence-electron chi connectivity index (χ0n) is 16.7. The van der Waals surface area contributed by atoms with E-state index in [1.54, 1.807) is 25.1 Å². The van der Waals surface area contributed by atoms with Crippen LogP contribution in [0.2, 0.25) is 0 Å². The van der Waals surface area contributed by atoms with Crippen LogP contribution in [-0.4, -0.2) is 16.1 Å². The minimum atomic E-state index is -0.868. The molecule has 1 aliphatic rings. The molecule has 32 heavy (non-hydrogen) atoms. The van der Waals surface area contributed by atoms with Crippen molar-refractivity contribution in [1.82, 2.24) is 10.2 Å². The topological polar surface area (TPSA) is 76.3 Å². The standard InChI is InChI=1S/C24H14FN3O3S/c1-12-26-27-24(32-12)28-19(14-6-4-7-15(25)11-14)18-20(29)17-10-9-13-5-2-3-8-16(13)21(17)31-22(18)23(28)30/h2-11,19H,1H3. The summed E-state index contributed by atoms with van der Waals surface area (Å²) in [6.07, 6.45) is 0. The molecule has 1 unspecified atom stereocenters. The number of nitrogens with zero attached hydrogens (tertiary/aromatic N) is 3. The Labute approximate surface area is 184 Å². The fraction of sp³-hybridized carbons (Fsp3) is 0.0833. The van der Waals surface area contributed by atoms with Gasteiger partial charge >= 0.3 is 0 Å². The summed E-state index contributed by atoms with van der Waals surface area (Å²) in [5.41, 5.74) is 0.667. The molecule has 0 bridgehead atoms. The number of benzene rings is 3. The summed E-state index contributed by atoms with van der Waals surface area (Å²) in [5, 5.41) is 11.1. The normalized spacial score (nSPS) is 15.6. The van der Waals surface area contributed by atoms with Crippen LogP contribution >= 0.6 is 11.3 Å². The predicted molar refractivity (Wildman–Crippen MR) is 120 cm³/mol. The monoisotopic (exact) mass is 443 g/mol. The quantitative estimate of drug-likeness (QED) is 0.359.